The molecule has 0 amide bonds. The molecule has 1 aromatic rings. The molecule has 1 rings (SSSR count). The van der Waals surface area contributed by atoms with Crippen molar-refractivity contribution in [3.63, 3.8) is 0 Å². The molecule has 0 aliphatic rings. The third-order valence-electron chi connectivity index (χ3n) is 2.00. The Kier molecular flexibility index (Phi) is 6.24. The molecule has 0 unspecified atom stereocenters. The van der Waals surface area contributed by atoms with Crippen molar-refractivity contribution in [2.24, 2.45) is 5.73 Å². The lowest BCUT2D eigenvalue weighted by Crippen LogP contribution is -2.29. The zero-order valence-corrected chi connectivity index (χ0v) is 12.1. The van der Waals surface area contributed by atoms with E-state index in [1.807, 2.05) is 0 Å². The standard InChI is InChI=1S/C9H14N2O4S2.ClH/c1-16(12,13)8-2-4-9(5-3-8)17(14,15)11-7-6-10;/h2-5,11H,6-7,10H2,1H3;1H. The van der Waals surface area contributed by atoms with Crippen LogP contribution in [0.15, 0.2) is 34.1 Å². The molecule has 0 fully saturated rings. The fourth-order valence-electron chi connectivity index (χ4n) is 1.14. The molecular formula is C9H15ClN2O4S2. The minimum atomic E-state index is -3.61. The molecule has 0 heterocycles. The first-order chi connectivity index (χ1) is 7.77. The normalized spacial score (nSPS) is 11.9. The number of sulfonamides is 1. The molecule has 0 atom stereocenters. The summed E-state index contributed by atoms with van der Waals surface area (Å²) in [5.41, 5.74) is 5.19. The van der Waals surface area contributed by atoms with Gasteiger partial charge in [0, 0.05) is 19.3 Å². The van der Waals surface area contributed by atoms with E-state index in [0.29, 0.717) is 0 Å². The Bertz CT molecular complexity index is 581. The summed E-state index contributed by atoms with van der Waals surface area (Å²) in [4.78, 5) is 0.0913. The van der Waals surface area contributed by atoms with Crippen LogP contribution in [0.4, 0.5) is 0 Å². The lowest BCUT2D eigenvalue weighted by Gasteiger charge is -2.06. The van der Waals surface area contributed by atoms with Gasteiger partial charge in [0.05, 0.1) is 9.79 Å². The summed E-state index contributed by atoms with van der Waals surface area (Å²) in [6, 6.07) is 5.00. The van der Waals surface area contributed by atoms with Gasteiger partial charge in [-0.2, -0.15) is 0 Å². The van der Waals surface area contributed by atoms with E-state index >= 15 is 0 Å². The number of hydrogen-bond acceptors (Lipinski definition) is 5. The number of nitrogens with one attached hydrogen (secondary N) is 1. The summed E-state index contributed by atoms with van der Waals surface area (Å²) in [7, 11) is -6.93. The van der Waals surface area contributed by atoms with Crippen LogP contribution >= 0.6 is 12.4 Å². The van der Waals surface area contributed by atoms with Gasteiger partial charge in [0.25, 0.3) is 0 Å². The highest BCUT2D eigenvalue weighted by atomic mass is 35.5. The summed E-state index contributed by atoms with van der Waals surface area (Å²) >= 11 is 0. The number of rotatable bonds is 5. The van der Waals surface area contributed by atoms with E-state index in [9.17, 15) is 16.8 Å². The van der Waals surface area contributed by atoms with Crippen LogP contribution in [0.3, 0.4) is 0 Å². The fraction of sp³-hybridized carbons (Fsp3) is 0.333. The molecule has 0 saturated heterocycles. The van der Waals surface area contributed by atoms with Crippen molar-refractivity contribution >= 4 is 32.3 Å². The Balaban J connectivity index is 0.00000289. The van der Waals surface area contributed by atoms with Gasteiger partial charge in [-0.3, -0.25) is 0 Å². The van der Waals surface area contributed by atoms with Gasteiger partial charge in [0.1, 0.15) is 0 Å². The van der Waals surface area contributed by atoms with E-state index in [0.717, 1.165) is 6.26 Å². The maximum Gasteiger partial charge on any atom is 0.240 e. The van der Waals surface area contributed by atoms with Crippen LogP contribution in [0.1, 0.15) is 0 Å². The highest BCUT2D eigenvalue weighted by Gasteiger charge is 2.14. The van der Waals surface area contributed by atoms with Gasteiger partial charge in [-0.05, 0) is 24.3 Å². The maximum absolute atomic E-state index is 11.6. The topological polar surface area (TPSA) is 106 Å². The van der Waals surface area contributed by atoms with Gasteiger partial charge in [-0.15, -0.1) is 12.4 Å². The average Bonchev–Trinajstić information content (AvgIpc) is 2.25. The number of halogens is 1. The average molecular weight is 315 g/mol. The molecule has 3 N–H and O–H groups in total. The highest BCUT2D eigenvalue weighted by molar-refractivity contribution is 7.90. The van der Waals surface area contributed by atoms with Crippen LogP contribution in [0, 0.1) is 0 Å². The van der Waals surface area contributed by atoms with Crippen molar-refractivity contribution in [1.82, 2.24) is 4.72 Å². The van der Waals surface area contributed by atoms with Gasteiger partial charge in [-0.1, -0.05) is 0 Å². The second-order valence-corrected chi connectivity index (χ2v) is 7.21. The van der Waals surface area contributed by atoms with E-state index in [-0.39, 0.29) is 35.3 Å². The van der Waals surface area contributed by atoms with Crippen molar-refractivity contribution in [2.75, 3.05) is 19.3 Å². The summed E-state index contributed by atoms with van der Waals surface area (Å²) in [6.07, 6.45) is 1.06. The molecule has 0 aliphatic heterocycles. The van der Waals surface area contributed by atoms with Crippen LogP contribution < -0.4 is 10.5 Å². The summed E-state index contributed by atoms with van der Waals surface area (Å²) < 4.78 is 47.9. The molecule has 18 heavy (non-hydrogen) atoms. The first kappa shape index (κ1) is 17.3. The van der Waals surface area contributed by atoms with Gasteiger partial charge >= 0.3 is 0 Å². The van der Waals surface area contributed by atoms with Crippen molar-refractivity contribution in [2.45, 2.75) is 9.79 Å². The molecule has 0 spiro atoms. The Morgan fingerprint density at radius 3 is 1.89 bits per heavy atom. The Morgan fingerprint density at radius 1 is 1.06 bits per heavy atom. The van der Waals surface area contributed by atoms with Crippen molar-refractivity contribution < 1.29 is 16.8 Å². The molecule has 0 bridgehead atoms. The SMILES string of the molecule is CS(=O)(=O)c1ccc(S(=O)(=O)NCCN)cc1.Cl. The maximum atomic E-state index is 11.6. The predicted molar refractivity (Wildman–Crippen MR) is 71.0 cm³/mol. The number of hydrogen-bond donors (Lipinski definition) is 2. The third kappa shape index (κ3) is 4.54. The molecule has 0 saturated carbocycles. The molecule has 104 valence electrons. The highest BCUT2D eigenvalue weighted by Crippen LogP contribution is 2.13. The molecular weight excluding hydrogens is 300 g/mol. The van der Waals surface area contributed by atoms with E-state index in [2.05, 4.69) is 4.72 Å². The van der Waals surface area contributed by atoms with E-state index in [1.165, 1.54) is 24.3 Å². The quantitative estimate of drug-likeness (QED) is 0.779. The fourth-order valence-corrected chi connectivity index (χ4v) is 2.82. The monoisotopic (exact) mass is 314 g/mol. The summed E-state index contributed by atoms with van der Waals surface area (Å²) in [5.74, 6) is 0. The zero-order valence-electron chi connectivity index (χ0n) is 9.66. The number of nitrogens with two attached hydrogens (primary N) is 1. The Hall–Kier alpha value is -0.670. The lowest BCUT2D eigenvalue weighted by atomic mass is 10.4. The van der Waals surface area contributed by atoms with Crippen LogP contribution in [0.5, 0.6) is 0 Å². The molecule has 0 aromatic heterocycles. The second kappa shape index (κ2) is 6.48. The predicted octanol–water partition coefficient (Wildman–Crippen LogP) is -0.251. The zero-order chi connectivity index (χ0) is 13.1. The van der Waals surface area contributed by atoms with Gasteiger partial charge < -0.3 is 5.73 Å². The lowest BCUT2D eigenvalue weighted by molar-refractivity contribution is 0.581. The van der Waals surface area contributed by atoms with E-state index in [4.69, 9.17) is 5.73 Å². The first-order valence-corrected chi connectivity index (χ1v) is 8.15. The first-order valence-electron chi connectivity index (χ1n) is 4.77. The Labute approximate surface area is 113 Å². The second-order valence-electron chi connectivity index (χ2n) is 3.43. The van der Waals surface area contributed by atoms with Gasteiger partial charge in [0.2, 0.25) is 10.0 Å². The van der Waals surface area contributed by atoms with E-state index < -0.39 is 19.9 Å². The third-order valence-corrected chi connectivity index (χ3v) is 4.60. The number of sulfone groups is 1. The number of benzene rings is 1. The van der Waals surface area contributed by atoms with Crippen LogP contribution in [0.2, 0.25) is 0 Å². The molecule has 6 nitrogen and oxygen atoms in total. The van der Waals surface area contributed by atoms with Crippen LogP contribution in [-0.4, -0.2) is 36.2 Å². The van der Waals surface area contributed by atoms with E-state index in [1.54, 1.807) is 0 Å². The molecule has 1 aromatic carbocycles. The minimum Gasteiger partial charge on any atom is -0.329 e. The summed E-state index contributed by atoms with van der Waals surface area (Å²) in [6.45, 7) is 0.330. The van der Waals surface area contributed by atoms with Crippen molar-refractivity contribution in [3.05, 3.63) is 24.3 Å². The summed E-state index contributed by atoms with van der Waals surface area (Å²) in [5, 5.41) is 0. The molecule has 0 aliphatic carbocycles. The minimum absolute atomic E-state index is 0. The van der Waals surface area contributed by atoms with Crippen molar-refractivity contribution in [3.8, 4) is 0 Å². The smallest absolute Gasteiger partial charge is 0.240 e. The van der Waals surface area contributed by atoms with Crippen LogP contribution in [-0.2, 0) is 19.9 Å². The van der Waals surface area contributed by atoms with Crippen molar-refractivity contribution in [1.29, 1.82) is 0 Å². The molecule has 9 heteroatoms. The molecule has 0 radical (unpaired) electrons. The van der Waals surface area contributed by atoms with Crippen LogP contribution in [0.25, 0.3) is 0 Å². The Morgan fingerprint density at radius 2 is 1.50 bits per heavy atom. The van der Waals surface area contributed by atoms with Gasteiger partial charge in [-0.25, -0.2) is 21.6 Å². The van der Waals surface area contributed by atoms with Gasteiger partial charge in [0.15, 0.2) is 9.84 Å². The largest absolute Gasteiger partial charge is 0.329 e.